The lowest BCUT2D eigenvalue weighted by Gasteiger charge is -2.23. The van der Waals surface area contributed by atoms with Crippen LogP contribution < -0.4 is 5.32 Å². The van der Waals surface area contributed by atoms with Crippen molar-refractivity contribution in [2.24, 2.45) is 0 Å². The minimum atomic E-state index is -1.50. The van der Waals surface area contributed by atoms with Crippen LogP contribution in [-0.4, -0.2) is 22.2 Å². The number of carboxylic acid groups (broad SMARTS) is 2. The lowest BCUT2D eigenvalue weighted by atomic mass is 9.84. The molecule has 1 aliphatic rings. The first kappa shape index (κ1) is 16.4. The first-order valence-corrected chi connectivity index (χ1v) is 7.59. The Balaban J connectivity index is 2.13. The molecule has 0 aromatic heterocycles. The summed E-state index contributed by atoms with van der Waals surface area (Å²) >= 11 is 6.31. The van der Waals surface area contributed by atoms with Gasteiger partial charge in [0.05, 0.1) is 0 Å². The number of carboxylic acids is 2. The van der Waals surface area contributed by atoms with Crippen molar-refractivity contribution in [3.63, 3.8) is 0 Å². The molecule has 6 heteroatoms. The number of rotatable bonds is 5. The summed E-state index contributed by atoms with van der Waals surface area (Å²) in [5.41, 5.74) is 0.935. The smallest absolute Gasteiger partial charge is 0.344 e. The van der Waals surface area contributed by atoms with Gasteiger partial charge in [-0.05, 0) is 36.5 Å². The quantitative estimate of drug-likeness (QED) is 0.435. The number of benzene rings is 1. The highest BCUT2D eigenvalue weighted by molar-refractivity contribution is 6.31. The number of hydrogen-bond donors (Lipinski definition) is 3. The number of nitrogens with one attached hydrogen (secondary N) is 1. The fourth-order valence-electron chi connectivity index (χ4n) is 2.73. The van der Waals surface area contributed by atoms with E-state index in [9.17, 15) is 9.59 Å². The van der Waals surface area contributed by atoms with Crippen molar-refractivity contribution in [1.82, 2.24) is 0 Å². The van der Waals surface area contributed by atoms with Gasteiger partial charge in [0.2, 0.25) is 0 Å². The van der Waals surface area contributed by atoms with Crippen molar-refractivity contribution < 1.29 is 19.8 Å². The van der Waals surface area contributed by atoms with Gasteiger partial charge in [0.25, 0.3) is 0 Å². The van der Waals surface area contributed by atoms with Gasteiger partial charge in [-0.1, -0.05) is 36.9 Å². The predicted octanol–water partition coefficient (Wildman–Crippen LogP) is 3.85. The second-order valence-electron chi connectivity index (χ2n) is 5.38. The average Bonchev–Trinajstić information content (AvgIpc) is 2.47. The van der Waals surface area contributed by atoms with Gasteiger partial charge in [0.1, 0.15) is 0 Å². The van der Waals surface area contributed by atoms with E-state index in [2.05, 4.69) is 5.32 Å². The summed E-state index contributed by atoms with van der Waals surface area (Å²) in [6, 6.07) is 5.41. The maximum atomic E-state index is 10.8. The van der Waals surface area contributed by atoms with Crippen LogP contribution in [0.1, 0.15) is 43.6 Å². The minimum Gasteiger partial charge on any atom is -0.477 e. The molecule has 1 aromatic rings. The summed E-state index contributed by atoms with van der Waals surface area (Å²) in [6.07, 6.45) is 6.92. The molecular formula is C16H18ClNO4. The van der Waals surface area contributed by atoms with Crippen LogP contribution in [0.25, 0.3) is 0 Å². The third-order valence-electron chi connectivity index (χ3n) is 3.89. The second kappa shape index (κ2) is 7.31. The Kier molecular flexibility index (Phi) is 5.44. The molecule has 0 unspecified atom stereocenters. The van der Waals surface area contributed by atoms with Crippen molar-refractivity contribution in [3.05, 3.63) is 40.6 Å². The van der Waals surface area contributed by atoms with Crippen LogP contribution in [0, 0.1) is 0 Å². The second-order valence-corrected chi connectivity index (χ2v) is 5.79. The summed E-state index contributed by atoms with van der Waals surface area (Å²) < 4.78 is 0. The van der Waals surface area contributed by atoms with Crippen molar-refractivity contribution >= 4 is 29.2 Å². The maximum Gasteiger partial charge on any atom is 0.344 e. The third kappa shape index (κ3) is 4.01. The van der Waals surface area contributed by atoms with Gasteiger partial charge < -0.3 is 15.5 Å². The standard InChI is InChI=1S/C16H18ClNO4/c17-14-8-11(18-9-13(15(19)20)16(21)22)6-7-12(14)10-4-2-1-3-5-10/h6-10,18H,1-5H2,(H,19,20)(H,21,22). The zero-order chi connectivity index (χ0) is 16.1. The van der Waals surface area contributed by atoms with Crippen molar-refractivity contribution in [2.75, 3.05) is 5.32 Å². The van der Waals surface area contributed by atoms with Crippen LogP contribution in [-0.2, 0) is 9.59 Å². The van der Waals surface area contributed by atoms with Crippen LogP contribution >= 0.6 is 11.6 Å². The summed E-state index contributed by atoms with van der Waals surface area (Å²) in [6.45, 7) is 0. The lowest BCUT2D eigenvalue weighted by Crippen LogP contribution is -2.13. The van der Waals surface area contributed by atoms with Gasteiger partial charge >= 0.3 is 11.9 Å². The topological polar surface area (TPSA) is 86.6 Å². The number of halogens is 1. The maximum absolute atomic E-state index is 10.8. The van der Waals surface area contributed by atoms with Crippen molar-refractivity contribution in [2.45, 2.75) is 38.0 Å². The molecule has 1 saturated carbocycles. The number of carbonyl (C=O) groups is 2. The van der Waals surface area contributed by atoms with Gasteiger partial charge in [-0.15, -0.1) is 0 Å². The molecule has 0 saturated heterocycles. The zero-order valence-electron chi connectivity index (χ0n) is 12.0. The van der Waals surface area contributed by atoms with Gasteiger partial charge in [-0.3, -0.25) is 0 Å². The number of hydrogen-bond acceptors (Lipinski definition) is 3. The lowest BCUT2D eigenvalue weighted by molar-refractivity contribution is -0.140. The fraction of sp³-hybridized carbons (Fsp3) is 0.375. The molecule has 0 amide bonds. The normalized spacial score (nSPS) is 15.1. The molecule has 3 N–H and O–H groups in total. The van der Waals surface area contributed by atoms with Crippen LogP contribution in [0.4, 0.5) is 5.69 Å². The zero-order valence-corrected chi connectivity index (χ0v) is 12.8. The van der Waals surface area contributed by atoms with E-state index < -0.39 is 17.5 Å². The summed E-state index contributed by atoms with van der Waals surface area (Å²) in [7, 11) is 0. The number of anilines is 1. The number of aliphatic carboxylic acids is 2. The van der Waals surface area contributed by atoms with E-state index in [-0.39, 0.29) is 0 Å². The SMILES string of the molecule is O=C(O)C(=CNc1ccc(C2CCCCC2)c(Cl)c1)C(=O)O. The molecule has 1 fully saturated rings. The van der Waals surface area contributed by atoms with E-state index in [1.54, 1.807) is 12.1 Å². The van der Waals surface area contributed by atoms with Crippen molar-refractivity contribution in [3.8, 4) is 0 Å². The largest absolute Gasteiger partial charge is 0.477 e. The Morgan fingerprint density at radius 1 is 1.14 bits per heavy atom. The molecule has 5 nitrogen and oxygen atoms in total. The van der Waals surface area contributed by atoms with E-state index in [4.69, 9.17) is 21.8 Å². The van der Waals surface area contributed by atoms with Gasteiger partial charge in [0, 0.05) is 16.9 Å². The predicted molar refractivity (Wildman–Crippen MR) is 84.3 cm³/mol. The summed E-state index contributed by atoms with van der Waals surface area (Å²) in [5, 5.41) is 20.8. The minimum absolute atomic E-state index is 0.472. The highest BCUT2D eigenvalue weighted by Gasteiger charge is 2.18. The first-order valence-electron chi connectivity index (χ1n) is 7.21. The molecule has 22 heavy (non-hydrogen) atoms. The Labute approximate surface area is 133 Å². The molecule has 0 bridgehead atoms. The van der Waals surface area contributed by atoms with Crippen LogP contribution in [0.5, 0.6) is 0 Å². The van der Waals surface area contributed by atoms with Crippen LogP contribution in [0.2, 0.25) is 5.02 Å². The van der Waals surface area contributed by atoms with Gasteiger partial charge in [-0.2, -0.15) is 0 Å². The van der Waals surface area contributed by atoms with Gasteiger partial charge in [-0.25, -0.2) is 9.59 Å². The van der Waals surface area contributed by atoms with E-state index in [1.165, 1.54) is 19.3 Å². The molecule has 0 radical (unpaired) electrons. The molecule has 1 aromatic carbocycles. The molecule has 1 aliphatic carbocycles. The highest BCUT2D eigenvalue weighted by Crippen LogP contribution is 2.37. The third-order valence-corrected chi connectivity index (χ3v) is 4.22. The van der Waals surface area contributed by atoms with E-state index in [1.807, 2.05) is 6.07 Å². The first-order chi connectivity index (χ1) is 10.5. The Bertz CT molecular complexity index is 590. The molecule has 118 valence electrons. The highest BCUT2D eigenvalue weighted by atomic mass is 35.5. The van der Waals surface area contributed by atoms with Crippen LogP contribution in [0.15, 0.2) is 30.0 Å². The Morgan fingerprint density at radius 2 is 1.77 bits per heavy atom. The van der Waals surface area contributed by atoms with E-state index >= 15 is 0 Å². The summed E-state index contributed by atoms with van der Waals surface area (Å²) in [4.78, 5) is 21.5. The van der Waals surface area contributed by atoms with Gasteiger partial charge in [0.15, 0.2) is 5.57 Å². The molecule has 0 spiro atoms. The Hall–Kier alpha value is -2.01. The molecule has 0 heterocycles. The molecular weight excluding hydrogens is 306 g/mol. The molecule has 0 aliphatic heterocycles. The summed E-state index contributed by atoms with van der Waals surface area (Å²) in [5.74, 6) is -2.52. The fourth-order valence-corrected chi connectivity index (χ4v) is 3.07. The van der Waals surface area contributed by atoms with E-state index in [0.29, 0.717) is 16.6 Å². The Morgan fingerprint density at radius 3 is 2.32 bits per heavy atom. The van der Waals surface area contributed by atoms with Crippen LogP contribution in [0.3, 0.4) is 0 Å². The van der Waals surface area contributed by atoms with Crippen molar-refractivity contribution in [1.29, 1.82) is 0 Å². The average molecular weight is 324 g/mol. The molecule has 0 atom stereocenters. The molecule has 2 rings (SSSR count). The van der Waals surface area contributed by atoms with E-state index in [0.717, 1.165) is 24.6 Å². The monoisotopic (exact) mass is 323 g/mol.